The molecule has 1 aromatic rings. The molecule has 0 unspecified atom stereocenters. The lowest BCUT2D eigenvalue weighted by Crippen LogP contribution is -2.40. The van der Waals surface area contributed by atoms with Gasteiger partial charge in [0.15, 0.2) is 5.13 Å². The molecule has 7 heteroatoms. The summed E-state index contributed by atoms with van der Waals surface area (Å²) in [5, 5.41) is 14.6. The third-order valence-corrected chi connectivity index (χ3v) is 5.12. The summed E-state index contributed by atoms with van der Waals surface area (Å²) in [7, 11) is 0. The number of amides is 1. The lowest BCUT2D eigenvalue weighted by atomic mass is 9.79. The van der Waals surface area contributed by atoms with E-state index in [1.54, 1.807) is 0 Å². The van der Waals surface area contributed by atoms with Gasteiger partial charge in [-0.05, 0) is 12.8 Å². The van der Waals surface area contributed by atoms with E-state index >= 15 is 0 Å². The highest BCUT2D eigenvalue weighted by atomic mass is 32.1. The summed E-state index contributed by atoms with van der Waals surface area (Å²) in [4.78, 5) is 28.3. The van der Waals surface area contributed by atoms with E-state index in [2.05, 4.69) is 31.1 Å². The van der Waals surface area contributed by atoms with Crippen LogP contribution < -0.4 is 5.32 Å². The fourth-order valence-electron chi connectivity index (χ4n) is 3.19. The van der Waals surface area contributed by atoms with Crippen LogP contribution in [0.4, 0.5) is 5.13 Å². The van der Waals surface area contributed by atoms with Gasteiger partial charge in [0, 0.05) is 10.8 Å². The van der Waals surface area contributed by atoms with Crippen molar-refractivity contribution in [1.82, 2.24) is 4.98 Å². The molecule has 2 N–H and O–H groups in total. The van der Waals surface area contributed by atoms with Gasteiger partial charge in [-0.3, -0.25) is 9.59 Å². The molecule has 1 amide bonds. The lowest BCUT2D eigenvalue weighted by Gasteiger charge is -2.23. The summed E-state index contributed by atoms with van der Waals surface area (Å²) in [6.45, 7) is 6.16. The highest BCUT2D eigenvalue weighted by Crippen LogP contribution is 2.44. The normalized spacial score (nSPS) is 30.5. The van der Waals surface area contributed by atoms with Crippen molar-refractivity contribution in [2.75, 3.05) is 5.32 Å². The van der Waals surface area contributed by atoms with Crippen molar-refractivity contribution in [2.24, 2.45) is 11.8 Å². The van der Waals surface area contributed by atoms with Gasteiger partial charge in [0.05, 0.1) is 29.7 Å². The highest BCUT2D eigenvalue weighted by molar-refractivity contribution is 7.13. The summed E-state index contributed by atoms with van der Waals surface area (Å²) in [5.74, 6) is -2.63. The van der Waals surface area contributed by atoms with Crippen LogP contribution in [-0.4, -0.2) is 34.2 Å². The average molecular weight is 324 g/mol. The first-order valence-corrected chi connectivity index (χ1v) is 8.30. The van der Waals surface area contributed by atoms with Crippen molar-refractivity contribution in [3.63, 3.8) is 0 Å². The first-order chi connectivity index (χ1) is 10.3. The van der Waals surface area contributed by atoms with Crippen LogP contribution in [0.3, 0.4) is 0 Å². The topological polar surface area (TPSA) is 88.5 Å². The summed E-state index contributed by atoms with van der Waals surface area (Å²) in [6, 6.07) is 0. The van der Waals surface area contributed by atoms with Crippen LogP contribution in [0.1, 0.15) is 39.3 Å². The zero-order valence-electron chi connectivity index (χ0n) is 12.8. The maximum Gasteiger partial charge on any atom is 0.310 e. The molecule has 22 heavy (non-hydrogen) atoms. The number of carboxylic acids is 1. The van der Waals surface area contributed by atoms with Crippen LogP contribution in [0.5, 0.6) is 0 Å². The van der Waals surface area contributed by atoms with Gasteiger partial charge >= 0.3 is 5.97 Å². The molecule has 0 saturated carbocycles. The van der Waals surface area contributed by atoms with Crippen LogP contribution in [0.15, 0.2) is 5.38 Å². The molecular formula is C15H20N2O4S. The number of nitrogens with zero attached hydrogens (tertiary/aromatic N) is 1. The number of anilines is 1. The van der Waals surface area contributed by atoms with Gasteiger partial charge in [0.1, 0.15) is 0 Å². The van der Waals surface area contributed by atoms with Gasteiger partial charge in [-0.25, -0.2) is 4.98 Å². The number of nitrogens with one attached hydrogen (secondary N) is 1. The molecule has 2 aliphatic heterocycles. The number of ether oxygens (including phenoxy) is 1. The van der Waals surface area contributed by atoms with Crippen LogP contribution >= 0.6 is 11.3 Å². The van der Waals surface area contributed by atoms with Gasteiger partial charge in [-0.15, -0.1) is 11.3 Å². The molecule has 0 spiro atoms. The van der Waals surface area contributed by atoms with E-state index in [0.717, 1.165) is 18.5 Å². The molecule has 2 fully saturated rings. The number of thiazole rings is 1. The predicted octanol–water partition coefficient (Wildman–Crippen LogP) is 2.26. The standard InChI is InChI=1S/C15H20N2O4S/c1-15(2,3)9-6-22-14(16-9)17-12(18)10-7-4-5-8(21-7)11(10)13(19)20/h6-8,10-11H,4-5H2,1-3H3,(H,19,20)(H,16,17,18)/t7-,8-,10-,11+/m1/s1. The second-order valence-corrected chi connectivity index (χ2v) is 7.82. The van der Waals surface area contributed by atoms with Crippen LogP contribution in [0, 0.1) is 11.8 Å². The first-order valence-electron chi connectivity index (χ1n) is 7.42. The number of carbonyl (C=O) groups excluding carboxylic acids is 1. The third kappa shape index (κ3) is 2.63. The van der Waals surface area contributed by atoms with Gasteiger partial charge < -0.3 is 15.2 Å². The quantitative estimate of drug-likeness (QED) is 0.890. The fourth-order valence-corrected chi connectivity index (χ4v) is 4.13. The van der Waals surface area contributed by atoms with Crippen molar-refractivity contribution in [2.45, 2.75) is 51.2 Å². The molecule has 0 aromatic carbocycles. The number of fused-ring (bicyclic) bond motifs is 2. The Labute approximate surface area is 132 Å². The summed E-state index contributed by atoms with van der Waals surface area (Å²) >= 11 is 1.36. The monoisotopic (exact) mass is 324 g/mol. The fraction of sp³-hybridized carbons (Fsp3) is 0.667. The molecule has 4 atom stereocenters. The number of carboxylic acid groups (broad SMARTS) is 1. The third-order valence-electron chi connectivity index (χ3n) is 4.36. The molecule has 0 radical (unpaired) electrons. The molecular weight excluding hydrogens is 304 g/mol. The van der Waals surface area contributed by atoms with Gasteiger partial charge in [0.2, 0.25) is 5.91 Å². The zero-order chi connectivity index (χ0) is 16.1. The minimum absolute atomic E-state index is 0.0847. The number of hydrogen-bond donors (Lipinski definition) is 2. The number of aliphatic carboxylic acids is 1. The molecule has 6 nitrogen and oxygen atoms in total. The Morgan fingerprint density at radius 2 is 1.95 bits per heavy atom. The lowest BCUT2D eigenvalue weighted by molar-refractivity contribution is -0.147. The van der Waals surface area contributed by atoms with E-state index < -0.39 is 17.8 Å². The Kier molecular flexibility index (Phi) is 3.72. The number of carbonyl (C=O) groups is 2. The number of aromatic nitrogens is 1. The largest absolute Gasteiger partial charge is 0.481 e. The minimum Gasteiger partial charge on any atom is -0.481 e. The van der Waals surface area contributed by atoms with E-state index in [-0.39, 0.29) is 23.5 Å². The van der Waals surface area contributed by atoms with Crippen molar-refractivity contribution >= 4 is 28.3 Å². The SMILES string of the molecule is CC(C)(C)c1csc(NC(=O)[C@H]2[C@@H](C(=O)O)[C@H]3CC[C@H]2O3)n1. The van der Waals surface area contributed by atoms with Crippen LogP contribution in [-0.2, 0) is 19.7 Å². The zero-order valence-corrected chi connectivity index (χ0v) is 13.6. The number of hydrogen-bond acceptors (Lipinski definition) is 5. The molecule has 2 bridgehead atoms. The average Bonchev–Trinajstić information content (AvgIpc) is 3.11. The molecule has 2 aliphatic rings. The van der Waals surface area contributed by atoms with E-state index in [4.69, 9.17) is 4.74 Å². The van der Waals surface area contributed by atoms with Gasteiger partial charge in [-0.1, -0.05) is 20.8 Å². The molecule has 0 aliphatic carbocycles. The van der Waals surface area contributed by atoms with Crippen molar-refractivity contribution in [3.05, 3.63) is 11.1 Å². The summed E-state index contributed by atoms with van der Waals surface area (Å²) in [5.41, 5.74) is 0.824. The van der Waals surface area contributed by atoms with Gasteiger partial charge in [0.25, 0.3) is 0 Å². The van der Waals surface area contributed by atoms with Crippen molar-refractivity contribution in [3.8, 4) is 0 Å². The first kappa shape index (κ1) is 15.4. The Balaban J connectivity index is 1.74. The second-order valence-electron chi connectivity index (χ2n) is 6.96. The van der Waals surface area contributed by atoms with E-state index in [9.17, 15) is 14.7 Å². The smallest absolute Gasteiger partial charge is 0.310 e. The Morgan fingerprint density at radius 1 is 1.32 bits per heavy atom. The molecule has 2 saturated heterocycles. The summed E-state index contributed by atoms with van der Waals surface area (Å²) in [6.07, 6.45) is 0.849. The minimum atomic E-state index is -0.957. The van der Waals surface area contributed by atoms with Crippen molar-refractivity contribution < 1.29 is 19.4 Å². The Hall–Kier alpha value is -1.47. The molecule has 1 aromatic heterocycles. The maximum atomic E-state index is 12.5. The van der Waals surface area contributed by atoms with E-state index in [0.29, 0.717) is 5.13 Å². The molecule has 120 valence electrons. The van der Waals surface area contributed by atoms with Crippen LogP contribution in [0.2, 0.25) is 0 Å². The number of rotatable bonds is 3. The molecule has 3 heterocycles. The summed E-state index contributed by atoms with van der Waals surface area (Å²) < 4.78 is 5.62. The Bertz CT molecular complexity index is 607. The van der Waals surface area contributed by atoms with E-state index in [1.807, 2.05) is 5.38 Å². The Morgan fingerprint density at radius 3 is 2.50 bits per heavy atom. The van der Waals surface area contributed by atoms with E-state index in [1.165, 1.54) is 11.3 Å². The van der Waals surface area contributed by atoms with Crippen molar-refractivity contribution in [1.29, 1.82) is 0 Å². The second kappa shape index (κ2) is 5.31. The maximum absolute atomic E-state index is 12.5. The molecule has 3 rings (SSSR count). The van der Waals surface area contributed by atoms with Crippen LogP contribution in [0.25, 0.3) is 0 Å². The van der Waals surface area contributed by atoms with Gasteiger partial charge in [-0.2, -0.15) is 0 Å². The predicted molar refractivity (Wildman–Crippen MR) is 82.0 cm³/mol. The highest BCUT2D eigenvalue weighted by Gasteiger charge is 2.55.